The summed E-state index contributed by atoms with van der Waals surface area (Å²) in [5.74, 6) is -0.172. The topological polar surface area (TPSA) is 29.9 Å². The standard InChI is InChI=1S/C15H20FN3/c1-5-17-15(13-8-19(4)9-18-13)14-11(3)6-10(2)7-12(14)16/h6-9,15,17H,5H2,1-4H3. The van der Waals surface area contributed by atoms with Gasteiger partial charge in [0, 0.05) is 18.8 Å². The van der Waals surface area contributed by atoms with E-state index in [2.05, 4.69) is 10.3 Å². The average Bonchev–Trinajstić information content (AvgIpc) is 2.73. The molecule has 1 aromatic heterocycles. The lowest BCUT2D eigenvalue weighted by atomic mass is 9.96. The van der Waals surface area contributed by atoms with E-state index in [0.717, 1.165) is 23.4 Å². The number of rotatable bonds is 4. The van der Waals surface area contributed by atoms with Crippen LogP contribution in [0, 0.1) is 19.7 Å². The Morgan fingerprint density at radius 1 is 1.37 bits per heavy atom. The van der Waals surface area contributed by atoms with Crippen LogP contribution in [0.15, 0.2) is 24.7 Å². The summed E-state index contributed by atoms with van der Waals surface area (Å²) in [5, 5.41) is 3.31. The first-order valence-electron chi connectivity index (χ1n) is 6.50. The van der Waals surface area contributed by atoms with Crippen molar-refractivity contribution in [1.29, 1.82) is 0 Å². The lowest BCUT2D eigenvalue weighted by molar-refractivity contribution is 0.549. The van der Waals surface area contributed by atoms with Gasteiger partial charge in [-0.05, 0) is 37.6 Å². The number of aryl methyl sites for hydroxylation is 3. The Bertz CT molecular complexity index is 552. The predicted octanol–water partition coefficient (Wildman–Crippen LogP) is 2.87. The molecule has 102 valence electrons. The molecule has 1 aromatic carbocycles. The Kier molecular flexibility index (Phi) is 4.00. The van der Waals surface area contributed by atoms with E-state index in [1.54, 1.807) is 12.4 Å². The summed E-state index contributed by atoms with van der Waals surface area (Å²) in [7, 11) is 1.91. The molecule has 19 heavy (non-hydrogen) atoms. The van der Waals surface area contributed by atoms with Gasteiger partial charge in [-0.1, -0.05) is 13.0 Å². The van der Waals surface area contributed by atoms with Crippen LogP contribution in [0.1, 0.15) is 35.3 Å². The molecule has 0 amide bonds. The molecule has 4 heteroatoms. The lowest BCUT2D eigenvalue weighted by Crippen LogP contribution is -2.24. The zero-order valence-electron chi connectivity index (χ0n) is 11.9. The van der Waals surface area contributed by atoms with E-state index in [9.17, 15) is 4.39 Å². The second-order valence-corrected chi connectivity index (χ2v) is 4.93. The fraction of sp³-hybridized carbons (Fsp3) is 0.400. The highest BCUT2D eigenvalue weighted by Crippen LogP contribution is 2.27. The molecule has 1 heterocycles. The van der Waals surface area contributed by atoms with Gasteiger partial charge in [0.05, 0.1) is 18.1 Å². The van der Waals surface area contributed by atoms with Crippen molar-refractivity contribution < 1.29 is 4.39 Å². The summed E-state index contributed by atoms with van der Waals surface area (Å²) < 4.78 is 16.2. The van der Waals surface area contributed by atoms with E-state index in [1.165, 1.54) is 0 Å². The Labute approximate surface area is 113 Å². The first kappa shape index (κ1) is 13.7. The summed E-state index contributed by atoms with van der Waals surface area (Å²) in [6.45, 7) is 6.62. The van der Waals surface area contributed by atoms with Gasteiger partial charge in [0.2, 0.25) is 0 Å². The monoisotopic (exact) mass is 261 g/mol. The molecular formula is C15H20FN3. The zero-order chi connectivity index (χ0) is 14.0. The van der Waals surface area contributed by atoms with Gasteiger partial charge in [0.15, 0.2) is 0 Å². The minimum atomic E-state index is -0.202. The van der Waals surface area contributed by atoms with Gasteiger partial charge in [-0.25, -0.2) is 9.37 Å². The molecule has 3 nitrogen and oxygen atoms in total. The molecule has 0 aliphatic carbocycles. The van der Waals surface area contributed by atoms with E-state index in [0.29, 0.717) is 5.56 Å². The Hall–Kier alpha value is -1.68. The number of benzene rings is 1. The molecule has 0 bridgehead atoms. The molecule has 2 aromatic rings. The van der Waals surface area contributed by atoms with Crippen LogP contribution in [0.5, 0.6) is 0 Å². The molecule has 2 rings (SSSR count). The van der Waals surface area contributed by atoms with Crippen molar-refractivity contribution in [1.82, 2.24) is 14.9 Å². The first-order chi connectivity index (χ1) is 9.02. The van der Waals surface area contributed by atoms with Crippen molar-refractivity contribution in [2.24, 2.45) is 7.05 Å². The van der Waals surface area contributed by atoms with Gasteiger partial charge in [0.1, 0.15) is 5.82 Å². The molecule has 0 saturated carbocycles. The normalized spacial score (nSPS) is 12.7. The minimum absolute atomic E-state index is 0.172. The zero-order valence-corrected chi connectivity index (χ0v) is 11.9. The molecular weight excluding hydrogens is 241 g/mol. The Balaban J connectivity index is 2.51. The van der Waals surface area contributed by atoms with Gasteiger partial charge in [-0.3, -0.25) is 0 Å². The third kappa shape index (κ3) is 2.84. The SMILES string of the molecule is CCNC(c1cn(C)cn1)c1c(C)cc(C)cc1F. The molecule has 1 N–H and O–H groups in total. The van der Waals surface area contributed by atoms with Gasteiger partial charge in [-0.15, -0.1) is 0 Å². The van der Waals surface area contributed by atoms with Crippen molar-refractivity contribution in [3.05, 3.63) is 52.9 Å². The average molecular weight is 261 g/mol. The number of hydrogen-bond donors (Lipinski definition) is 1. The third-order valence-corrected chi connectivity index (χ3v) is 3.20. The first-order valence-corrected chi connectivity index (χ1v) is 6.50. The van der Waals surface area contributed by atoms with Crippen molar-refractivity contribution in [3.63, 3.8) is 0 Å². The van der Waals surface area contributed by atoms with Gasteiger partial charge in [0.25, 0.3) is 0 Å². The third-order valence-electron chi connectivity index (χ3n) is 3.20. The van der Waals surface area contributed by atoms with Crippen LogP contribution >= 0.6 is 0 Å². The summed E-state index contributed by atoms with van der Waals surface area (Å²) in [5.41, 5.74) is 3.42. The van der Waals surface area contributed by atoms with Crippen molar-refractivity contribution in [2.45, 2.75) is 26.8 Å². The number of nitrogens with one attached hydrogen (secondary N) is 1. The smallest absolute Gasteiger partial charge is 0.128 e. The molecule has 1 atom stereocenters. The van der Waals surface area contributed by atoms with Crippen molar-refractivity contribution in [3.8, 4) is 0 Å². The Morgan fingerprint density at radius 3 is 2.63 bits per heavy atom. The summed E-state index contributed by atoms with van der Waals surface area (Å²) in [6.07, 6.45) is 3.66. The summed E-state index contributed by atoms with van der Waals surface area (Å²) in [6, 6.07) is 3.38. The van der Waals surface area contributed by atoms with Gasteiger partial charge < -0.3 is 9.88 Å². The number of aromatic nitrogens is 2. The number of hydrogen-bond acceptors (Lipinski definition) is 2. The number of nitrogens with zero attached hydrogens (tertiary/aromatic N) is 2. The molecule has 0 spiro atoms. The highest BCUT2D eigenvalue weighted by atomic mass is 19.1. The minimum Gasteiger partial charge on any atom is -0.340 e. The van der Waals surface area contributed by atoms with Gasteiger partial charge >= 0.3 is 0 Å². The quantitative estimate of drug-likeness (QED) is 0.917. The van der Waals surface area contributed by atoms with Crippen LogP contribution in [0.4, 0.5) is 4.39 Å². The van der Waals surface area contributed by atoms with Crippen molar-refractivity contribution >= 4 is 0 Å². The fourth-order valence-electron chi connectivity index (χ4n) is 2.43. The van der Waals surface area contributed by atoms with Crippen LogP contribution in [0.25, 0.3) is 0 Å². The molecule has 0 aliphatic rings. The van der Waals surface area contributed by atoms with Crippen LogP contribution in [-0.4, -0.2) is 16.1 Å². The maximum Gasteiger partial charge on any atom is 0.128 e. The van der Waals surface area contributed by atoms with Crippen LogP contribution < -0.4 is 5.32 Å². The van der Waals surface area contributed by atoms with E-state index < -0.39 is 0 Å². The summed E-state index contributed by atoms with van der Waals surface area (Å²) >= 11 is 0. The van der Waals surface area contributed by atoms with E-state index in [-0.39, 0.29) is 11.9 Å². The molecule has 1 unspecified atom stereocenters. The maximum absolute atomic E-state index is 14.3. The van der Waals surface area contributed by atoms with Gasteiger partial charge in [-0.2, -0.15) is 0 Å². The highest BCUT2D eigenvalue weighted by Gasteiger charge is 2.21. The maximum atomic E-state index is 14.3. The second-order valence-electron chi connectivity index (χ2n) is 4.93. The van der Waals surface area contributed by atoms with Crippen LogP contribution in [-0.2, 0) is 7.05 Å². The Morgan fingerprint density at radius 2 is 2.11 bits per heavy atom. The van der Waals surface area contributed by atoms with Crippen LogP contribution in [0.2, 0.25) is 0 Å². The molecule has 0 aliphatic heterocycles. The van der Waals surface area contributed by atoms with Crippen molar-refractivity contribution in [2.75, 3.05) is 6.54 Å². The van der Waals surface area contributed by atoms with E-state index in [4.69, 9.17) is 0 Å². The predicted molar refractivity (Wildman–Crippen MR) is 74.6 cm³/mol. The highest BCUT2D eigenvalue weighted by molar-refractivity contribution is 5.38. The summed E-state index contributed by atoms with van der Waals surface area (Å²) in [4.78, 5) is 4.35. The molecule has 0 radical (unpaired) electrons. The lowest BCUT2D eigenvalue weighted by Gasteiger charge is -2.19. The largest absolute Gasteiger partial charge is 0.340 e. The molecule has 0 fully saturated rings. The number of imidazole rings is 1. The number of halogens is 1. The van der Waals surface area contributed by atoms with E-state index in [1.807, 2.05) is 44.6 Å². The van der Waals surface area contributed by atoms with E-state index >= 15 is 0 Å². The van der Waals surface area contributed by atoms with Crippen LogP contribution in [0.3, 0.4) is 0 Å². The second kappa shape index (κ2) is 5.53. The fourth-order valence-corrected chi connectivity index (χ4v) is 2.43. The molecule has 0 saturated heterocycles.